The summed E-state index contributed by atoms with van der Waals surface area (Å²) in [6.45, 7) is 0.913. The van der Waals surface area contributed by atoms with E-state index in [1.807, 2.05) is 29.9 Å². The van der Waals surface area contributed by atoms with Crippen LogP contribution < -0.4 is 5.32 Å². The van der Waals surface area contributed by atoms with Crippen LogP contribution in [-0.4, -0.2) is 22.7 Å². The summed E-state index contributed by atoms with van der Waals surface area (Å²) in [4.78, 5) is 5.22. The molecule has 0 radical (unpaired) electrons. The zero-order valence-electron chi connectivity index (χ0n) is 9.54. The minimum atomic E-state index is 0.0968. The second-order valence-corrected chi connectivity index (χ2v) is 4.89. The number of benzene rings is 1. The Kier molecular flexibility index (Phi) is 4.67. The van der Waals surface area contributed by atoms with Crippen molar-refractivity contribution < 1.29 is 5.11 Å². The summed E-state index contributed by atoms with van der Waals surface area (Å²) < 4.78 is 0. The number of aromatic nitrogens is 1. The van der Waals surface area contributed by atoms with Gasteiger partial charge >= 0.3 is 0 Å². The Hall–Kier alpha value is -1.23. The number of hydrogen-bond donors (Lipinski definition) is 2. The first-order valence-electron chi connectivity index (χ1n) is 5.64. The molecule has 0 bridgehead atoms. The maximum Gasteiger partial charge on any atom is 0.0794 e. The van der Waals surface area contributed by atoms with Crippen LogP contribution in [0.15, 0.2) is 42.0 Å². The van der Waals surface area contributed by atoms with Gasteiger partial charge in [-0.3, -0.25) is 4.98 Å². The van der Waals surface area contributed by atoms with Gasteiger partial charge in [-0.25, -0.2) is 0 Å². The van der Waals surface area contributed by atoms with Gasteiger partial charge in [0.25, 0.3) is 0 Å². The van der Waals surface area contributed by atoms with Gasteiger partial charge in [-0.2, -0.15) is 0 Å². The van der Waals surface area contributed by atoms with E-state index in [0.29, 0.717) is 0 Å². The summed E-state index contributed by atoms with van der Waals surface area (Å²) in [5.41, 5.74) is 3.06. The number of hydrogen-bond acceptors (Lipinski definition) is 4. The molecule has 0 unspecified atom stereocenters. The number of thiazole rings is 1. The standard InChI is InChI=1S/C13H16N2OS/c16-9-12(6-11-4-2-1-3-5-11)15-8-13-7-14-10-17-13/h1-5,7,10,12,15-16H,6,8-9H2/t12-/m1/s1. The van der Waals surface area contributed by atoms with Crippen LogP contribution >= 0.6 is 11.3 Å². The number of aliphatic hydroxyl groups excluding tert-OH is 1. The van der Waals surface area contributed by atoms with E-state index in [0.717, 1.165) is 13.0 Å². The van der Waals surface area contributed by atoms with Crippen LogP contribution in [0.4, 0.5) is 0 Å². The third-order valence-corrected chi connectivity index (χ3v) is 3.37. The predicted molar refractivity (Wildman–Crippen MR) is 70.0 cm³/mol. The molecule has 2 aromatic rings. The molecule has 1 atom stereocenters. The lowest BCUT2D eigenvalue weighted by Gasteiger charge is -2.15. The van der Waals surface area contributed by atoms with Crippen molar-refractivity contribution in [2.24, 2.45) is 0 Å². The molecular formula is C13H16N2OS. The van der Waals surface area contributed by atoms with Crippen LogP contribution in [0.1, 0.15) is 10.4 Å². The Balaban J connectivity index is 1.85. The van der Waals surface area contributed by atoms with Crippen molar-refractivity contribution in [3.8, 4) is 0 Å². The summed E-state index contributed by atoms with van der Waals surface area (Å²) in [5.74, 6) is 0. The minimum Gasteiger partial charge on any atom is -0.395 e. The largest absolute Gasteiger partial charge is 0.395 e. The maximum atomic E-state index is 9.34. The lowest BCUT2D eigenvalue weighted by molar-refractivity contribution is 0.241. The molecule has 0 saturated carbocycles. The zero-order chi connectivity index (χ0) is 11.9. The zero-order valence-corrected chi connectivity index (χ0v) is 10.4. The topological polar surface area (TPSA) is 45.1 Å². The van der Waals surface area contributed by atoms with Gasteiger partial charge in [0, 0.05) is 23.7 Å². The van der Waals surface area contributed by atoms with E-state index in [1.165, 1.54) is 10.4 Å². The molecule has 3 nitrogen and oxygen atoms in total. The lowest BCUT2D eigenvalue weighted by atomic mass is 10.1. The SMILES string of the molecule is OC[C@@H](Cc1ccccc1)NCc1cncs1. The van der Waals surface area contributed by atoms with Gasteiger partial charge < -0.3 is 10.4 Å². The van der Waals surface area contributed by atoms with Crippen molar-refractivity contribution in [3.05, 3.63) is 52.5 Å². The molecule has 1 heterocycles. The van der Waals surface area contributed by atoms with Gasteiger partial charge in [0.2, 0.25) is 0 Å². The molecular weight excluding hydrogens is 232 g/mol. The summed E-state index contributed by atoms with van der Waals surface area (Å²) in [5, 5.41) is 12.7. The van der Waals surface area contributed by atoms with E-state index < -0.39 is 0 Å². The molecule has 17 heavy (non-hydrogen) atoms. The molecule has 1 aromatic heterocycles. The fourth-order valence-corrected chi connectivity index (χ4v) is 2.22. The van der Waals surface area contributed by atoms with E-state index in [-0.39, 0.29) is 12.6 Å². The van der Waals surface area contributed by atoms with E-state index >= 15 is 0 Å². The average Bonchev–Trinajstić information content (AvgIpc) is 2.89. The summed E-state index contributed by atoms with van der Waals surface area (Å²) in [7, 11) is 0. The van der Waals surface area contributed by atoms with Crippen molar-refractivity contribution in [2.75, 3.05) is 6.61 Å². The molecule has 2 N–H and O–H groups in total. The highest BCUT2D eigenvalue weighted by Gasteiger charge is 2.08. The molecule has 0 spiro atoms. The smallest absolute Gasteiger partial charge is 0.0794 e. The van der Waals surface area contributed by atoms with Gasteiger partial charge in [0.05, 0.1) is 12.1 Å². The minimum absolute atomic E-state index is 0.0968. The number of nitrogens with zero attached hydrogens (tertiary/aromatic N) is 1. The van der Waals surface area contributed by atoms with Gasteiger partial charge in [-0.15, -0.1) is 11.3 Å². The fraction of sp³-hybridized carbons (Fsp3) is 0.308. The van der Waals surface area contributed by atoms with E-state index in [1.54, 1.807) is 11.3 Å². The molecule has 1 aromatic carbocycles. The fourth-order valence-electron chi connectivity index (χ4n) is 1.67. The maximum absolute atomic E-state index is 9.34. The van der Waals surface area contributed by atoms with Crippen LogP contribution in [0.25, 0.3) is 0 Å². The van der Waals surface area contributed by atoms with Crippen LogP contribution in [0.5, 0.6) is 0 Å². The second kappa shape index (κ2) is 6.49. The van der Waals surface area contributed by atoms with Crippen LogP contribution in [0.3, 0.4) is 0 Å². The Morgan fingerprint density at radius 3 is 2.76 bits per heavy atom. The number of rotatable bonds is 6. The lowest BCUT2D eigenvalue weighted by Crippen LogP contribution is -2.33. The summed E-state index contributed by atoms with van der Waals surface area (Å²) >= 11 is 1.63. The molecule has 0 saturated heterocycles. The monoisotopic (exact) mass is 248 g/mol. The first kappa shape index (κ1) is 12.2. The highest BCUT2D eigenvalue weighted by atomic mass is 32.1. The third-order valence-electron chi connectivity index (χ3n) is 2.59. The van der Waals surface area contributed by atoms with E-state index in [2.05, 4.69) is 22.4 Å². The Morgan fingerprint density at radius 2 is 2.12 bits per heavy atom. The Morgan fingerprint density at radius 1 is 1.29 bits per heavy atom. The van der Waals surface area contributed by atoms with Crippen molar-refractivity contribution in [2.45, 2.75) is 19.0 Å². The van der Waals surface area contributed by atoms with Crippen molar-refractivity contribution in [3.63, 3.8) is 0 Å². The molecule has 0 aliphatic rings. The highest BCUT2D eigenvalue weighted by Crippen LogP contribution is 2.07. The van der Waals surface area contributed by atoms with Crippen molar-refractivity contribution in [1.29, 1.82) is 0 Å². The highest BCUT2D eigenvalue weighted by molar-refractivity contribution is 7.09. The van der Waals surface area contributed by atoms with Crippen LogP contribution in [-0.2, 0) is 13.0 Å². The first-order valence-corrected chi connectivity index (χ1v) is 6.52. The van der Waals surface area contributed by atoms with Gasteiger partial charge in [0.1, 0.15) is 0 Å². The molecule has 0 fully saturated rings. The van der Waals surface area contributed by atoms with Crippen molar-refractivity contribution in [1.82, 2.24) is 10.3 Å². The quantitative estimate of drug-likeness (QED) is 0.820. The van der Waals surface area contributed by atoms with Crippen LogP contribution in [0, 0.1) is 0 Å². The van der Waals surface area contributed by atoms with Crippen molar-refractivity contribution >= 4 is 11.3 Å². The molecule has 90 valence electrons. The molecule has 0 aliphatic carbocycles. The first-order chi connectivity index (χ1) is 8.38. The predicted octanol–water partition coefficient (Wildman–Crippen LogP) is 1.84. The second-order valence-electron chi connectivity index (χ2n) is 3.92. The summed E-state index contributed by atoms with van der Waals surface area (Å²) in [6, 6.07) is 10.3. The average molecular weight is 248 g/mol. The molecule has 0 amide bonds. The number of nitrogens with one attached hydrogen (secondary N) is 1. The normalized spacial score (nSPS) is 12.5. The third kappa shape index (κ3) is 3.93. The van der Waals surface area contributed by atoms with Gasteiger partial charge in [0.15, 0.2) is 0 Å². The van der Waals surface area contributed by atoms with Gasteiger partial charge in [-0.1, -0.05) is 30.3 Å². The molecule has 4 heteroatoms. The Bertz CT molecular complexity index is 416. The number of aliphatic hydroxyl groups is 1. The summed E-state index contributed by atoms with van der Waals surface area (Å²) in [6.07, 6.45) is 2.70. The molecule has 0 aliphatic heterocycles. The van der Waals surface area contributed by atoms with Crippen LogP contribution in [0.2, 0.25) is 0 Å². The Labute approximate surface area is 105 Å². The molecule has 2 rings (SSSR count). The van der Waals surface area contributed by atoms with E-state index in [9.17, 15) is 5.11 Å². The van der Waals surface area contributed by atoms with Gasteiger partial charge in [-0.05, 0) is 12.0 Å². The van der Waals surface area contributed by atoms with E-state index in [4.69, 9.17) is 0 Å².